The number of rotatable bonds is 9. The first kappa shape index (κ1) is 25.0. The normalized spacial score (nSPS) is 14.4. The molecule has 0 radical (unpaired) electrons. The molecular formula is C24H32FN3O4S. The van der Waals surface area contributed by atoms with Crippen LogP contribution in [0.2, 0.25) is 0 Å². The Bertz CT molecular complexity index is 1080. The van der Waals surface area contributed by atoms with E-state index >= 15 is 0 Å². The van der Waals surface area contributed by atoms with E-state index in [9.17, 15) is 17.6 Å². The summed E-state index contributed by atoms with van der Waals surface area (Å²) in [7, 11) is -2.30. The van der Waals surface area contributed by atoms with Gasteiger partial charge >= 0.3 is 0 Å². The van der Waals surface area contributed by atoms with E-state index in [1.807, 2.05) is 0 Å². The summed E-state index contributed by atoms with van der Waals surface area (Å²) in [6, 6.07) is 9.29. The number of anilines is 2. The quantitative estimate of drug-likeness (QED) is 0.590. The Hall–Kier alpha value is -2.65. The van der Waals surface area contributed by atoms with Gasteiger partial charge in [-0.1, -0.05) is 19.9 Å². The van der Waals surface area contributed by atoms with E-state index in [4.69, 9.17) is 4.74 Å². The van der Waals surface area contributed by atoms with Crippen LogP contribution in [0.25, 0.3) is 0 Å². The van der Waals surface area contributed by atoms with Crippen molar-refractivity contribution in [2.75, 3.05) is 43.5 Å². The molecule has 180 valence electrons. The number of ether oxygens (including phenoxy) is 1. The maximum absolute atomic E-state index is 14.0. The number of hydrogen-bond donors (Lipinski definition) is 1. The average molecular weight is 478 g/mol. The molecule has 1 fully saturated rings. The highest BCUT2D eigenvalue weighted by molar-refractivity contribution is 7.89. The summed E-state index contributed by atoms with van der Waals surface area (Å²) < 4.78 is 46.4. The molecule has 2 aromatic carbocycles. The van der Waals surface area contributed by atoms with Crippen LogP contribution in [0.15, 0.2) is 41.3 Å². The van der Waals surface area contributed by atoms with Crippen molar-refractivity contribution in [3.63, 3.8) is 0 Å². The summed E-state index contributed by atoms with van der Waals surface area (Å²) in [6.07, 6.45) is 3.18. The molecule has 1 aliphatic rings. The number of carbonyl (C=O) groups excluding carboxylic acids is 1. The number of amides is 1. The molecule has 33 heavy (non-hydrogen) atoms. The third-order valence-corrected chi connectivity index (χ3v) is 7.91. The first-order chi connectivity index (χ1) is 15.8. The Labute approximate surface area is 195 Å². The Balaban J connectivity index is 1.91. The highest BCUT2D eigenvalue weighted by Crippen LogP contribution is 2.32. The molecule has 0 unspecified atom stereocenters. The lowest BCUT2D eigenvalue weighted by atomic mass is 10.1. The van der Waals surface area contributed by atoms with Gasteiger partial charge in [-0.05, 0) is 55.2 Å². The van der Waals surface area contributed by atoms with Gasteiger partial charge in [0.1, 0.15) is 0 Å². The minimum Gasteiger partial charge on any atom is -0.494 e. The van der Waals surface area contributed by atoms with Gasteiger partial charge in [0.15, 0.2) is 11.6 Å². The van der Waals surface area contributed by atoms with Crippen molar-refractivity contribution in [1.82, 2.24) is 4.31 Å². The number of carbonyl (C=O) groups is 1. The van der Waals surface area contributed by atoms with Gasteiger partial charge in [0.25, 0.3) is 0 Å². The summed E-state index contributed by atoms with van der Waals surface area (Å²) in [5, 5.41) is 2.87. The monoisotopic (exact) mass is 477 g/mol. The van der Waals surface area contributed by atoms with Crippen molar-refractivity contribution in [3.8, 4) is 5.75 Å². The van der Waals surface area contributed by atoms with Crippen molar-refractivity contribution in [2.24, 2.45) is 0 Å². The Morgan fingerprint density at radius 3 is 2.39 bits per heavy atom. The topological polar surface area (TPSA) is 79.0 Å². The second kappa shape index (κ2) is 11.0. The van der Waals surface area contributed by atoms with Crippen molar-refractivity contribution >= 4 is 27.3 Å². The van der Waals surface area contributed by atoms with Crippen LogP contribution in [-0.2, 0) is 21.2 Å². The standard InChI is InChI=1S/C24H32FN3O4S/c1-4-28(5-2)33(30,31)19-10-11-22(27-13-7-6-8-14-27)21(17-19)26-24(29)16-18-9-12-23(32-3)20(25)15-18/h9-12,15,17H,4-8,13-14,16H2,1-3H3,(H,26,29). The first-order valence-electron chi connectivity index (χ1n) is 11.3. The molecule has 0 aromatic heterocycles. The van der Waals surface area contributed by atoms with E-state index < -0.39 is 15.8 Å². The van der Waals surface area contributed by atoms with Gasteiger partial charge < -0.3 is 15.0 Å². The highest BCUT2D eigenvalue weighted by atomic mass is 32.2. The molecule has 1 heterocycles. The van der Waals surface area contributed by atoms with E-state index in [-0.39, 0.29) is 23.0 Å². The summed E-state index contributed by atoms with van der Waals surface area (Å²) in [5.41, 5.74) is 1.74. The smallest absolute Gasteiger partial charge is 0.243 e. The Morgan fingerprint density at radius 1 is 1.09 bits per heavy atom. The summed E-state index contributed by atoms with van der Waals surface area (Å²) >= 11 is 0. The number of nitrogens with zero attached hydrogens (tertiary/aromatic N) is 2. The fourth-order valence-electron chi connectivity index (χ4n) is 4.10. The van der Waals surface area contributed by atoms with Crippen molar-refractivity contribution in [3.05, 3.63) is 47.8 Å². The number of methoxy groups -OCH3 is 1. The van der Waals surface area contributed by atoms with Crippen molar-refractivity contribution in [2.45, 2.75) is 44.4 Å². The third-order valence-electron chi connectivity index (χ3n) is 5.86. The van der Waals surface area contributed by atoms with Gasteiger partial charge in [-0.3, -0.25) is 4.79 Å². The van der Waals surface area contributed by atoms with Gasteiger partial charge in [0.2, 0.25) is 15.9 Å². The van der Waals surface area contributed by atoms with Crippen LogP contribution in [0.3, 0.4) is 0 Å². The van der Waals surface area contributed by atoms with E-state index in [2.05, 4.69) is 10.2 Å². The van der Waals surface area contributed by atoms with Crippen LogP contribution in [-0.4, -0.2) is 51.9 Å². The molecule has 0 aliphatic carbocycles. The first-order valence-corrected chi connectivity index (χ1v) is 12.8. The number of benzene rings is 2. The van der Waals surface area contributed by atoms with Crippen LogP contribution in [0.1, 0.15) is 38.7 Å². The molecule has 0 bridgehead atoms. The summed E-state index contributed by atoms with van der Waals surface area (Å²) in [5.74, 6) is -0.778. The molecule has 0 saturated carbocycles. The third kappa shape index (κ3) is 5.83. The largest absolute Gasteiger partial charge is 0.494 e. The average Bonchev–Trinajstić information content (AvgIpc) is 2.80. The second-order valence-electron chi connectivity index (χ2n) is 8.01. The number of piperidine rings is 1. The number of sulfonamides is 1. The zero-order valence-corrected chi connectivity index (χ0v) is 20.3. The Morgan fingerprint density at radius 2 is 1.79 bits per heavy atom. The zero-order valence-electron chi connectivity index (χ0n) is 19.4. The zero-order chi connectivity index (χ0) is 24.0. The number of halogens is 1. The lowest BCUT2D eigenvalue weighted by Gasteiger charge is -2.31. The molecule has 1 saturated heterocycles. The Kier molecular flexibility index (Phi) is 8.31. The maximum Gasteiger partial charge on any atom is 0.243 e. The van der Waals surface area contributed by atoms with E-state index in [1.54, 1.807) is 32.0 Å². The van der Waals surface area contributed by atoms with Crippen LogP contribution in [0.5, 0.6) is 5.75 Å². The van der Waals surface area contributed by atoms with Gasteiger partial charge in [-0.25, -0.2) is 12.8 Å². The lowest BCUT2D eigenvalue weighted by Crippen LogP contribution is -2.32. The van der Waals surface area contributed by atoms with Gasteiger partial charge in [0, 0.05) is 26.2 Å². The maximum atomic E-state index is 14.0. The minimum absolute atomic E-state index is 0.0482. The van der Waals surface area contributed by atoms with Crippen LogP contribution < -0.4 is 15.0 Å². The molecule has 0 atom stereocenters. The minimum atomic E-state index is -3.68. The van der Waals surface area contributed by atoms with Gasteiger partial charge in [-0.15, -0.1) is 0 Å². The summed E-state index contributed by atoms with van der Waals surface area (Å²) in [6.45, 7) is 5.98. The fraction of sp³-hybridized carbons (Fsp3) is 0.458. The molecule has 9 heteroatoms. The van der Waals surface area contributed by atoms with E-state index in [0.29, 0.717) is 24.3 Å². The molecule has 1 amide bonds. The second-order valence-corrected chi connectivity index (χ2v) is 9.95. The molecule has 0 spiro atoms. The molecule has 2 aromatic rings. The predicted octanol–water partition coefficient (Wildman–Crippen LogP) is 4.04. The fourth-order valence-corrected chi connectivity index (χ4v) is 5.58. The molecule has 1 N–H and O–H groups in total. The van der Waals surface area contributed by atoms with Crippen molar-refractivity contribution in [1.29, 1.82) is 0 Å². The van der Waals surface area contributed by atoms with Crippen LogP contribution >= 0.6 is 0 Å². The van der Waals surface area contributed by atoms with Gasteiger partial charge in [-0.2, -0.15) is 4.31 Å². The SMILES string of the molecule is CCN(CC)S(=O)(=O)c1ccc(N2CCCCC2)c(NC(=O)Cc2ccc(OC)c(F)c2)c1. The molecular weight excluding hydrogens is 445 g/mol. The van der Waals surface area contributed by atoms with Gasteiger partial charge in [0.05, 0.1) is 29.8 Å². The number of nitrogens with one attached hydrogen (secondary N) is 1. The molecule has 1 aliphatic heterocycles. The molecule has 3 rings (SSSR count). The van der Waals surface area contributed by atoms with E-state index in [1.165, 1.54) is 29.6 Å². The van der Waals surface area contributed by atoms with Crippen LogP contribution in [0.4, 0.5) is 15.8 Å². The predicted molar refractivity (Wildman–Crippen MR) is 128 cm³/mol. The van der Waals surface area contributed by atoms with Crippen molar-refractivity contribution < 1.29 is 22.3 Å². The highest BCUT2D eigenvalue weighted by Gasteiger charge is 2.24. The van der Waals surface area contributed by atoms with E-state index in [0.717, 1.165) is 38.0 Å². The number of hydrogen-bond acceptors (Lipinski definition) is 5. The molecule has 7 nitrogen and oxygen atoms in total. The summed E-state index contributed by atoms with van der Waals surface area (Å²) in [4.78, 5) is 15.2. The lowest BCUT2D eigenvalue weighted by molar-refractivity contribution is -0.115. The van der Waals surface area contributed by atoms with Crippen LogP contribution in [0, 0.1) is 5.82 Å².